The van der Waals surface area contributed by atoms with Crippen LogP contribution in [-0.2, 0) is 4.79 Å². The molecule has 1 rings (SSSR count). The van der Waals surface area contributed by atoms with Crippen molar-refractivity contribution in [1.82, 2.24) is 0 Å². The van der Waals surface area contributed by atoms with E-state index >= 15 is 0 Å². The van der Waals surface area contributed by atoms with Gasteiger partial charge in [-0.1, -0.05) is 46.3 Å². The summed E-state index contributed by atoms with van der Waals surface area (Å²) in [6.45, 7) is 2.97. The predicted molar refractivity (Wildman–Crippen MR) is 58.8 cm³/mol. The van der Waals surface area contributed by atoms with Gasteiger partial charge in [-0.2, -0.15) is 0 Å². The van der Waals surface area contributed by atoms with Gasteiger partial charge in [0.15, 0.2) is 11.6 Å². The van der Waals surface area contributed by atoms with Crippen LogP contribution in [-0.4, -0.2) is 15.9 Å². The summed E-state index contributed by atoms with van der Waals surface area (Å²) in [6, 6.07) is 8.78. The largest absolute Gasteiger partial charge is 0.298 e. The summed E-state index contributed by atoms with van der Waals surface area (Å²) in [7, 11) is 0. The Morgan fingerprint density at radius 1 is 1.21 bits per heavy atom. The molecule has 0 amide bonds. The predicted octanol–water partition coefficient (Wildman–Crippen LogP) is 2.61. The number of hydrogen-bond acceptors (Lipinski definition) is 2. The molecule has 14 heavy (non-hydrogen) atoms. The van der Waals surface area contributed by atoms with E-state index in [0.717, 1.165) is 0 Å². The smallest absolute Gasteiger partial charge is 0.186 e. The molecule has 0 fully saturated rings. The molecule has 1 atom stereocenters. The maximum Gasteiger partial charge on any atom is 0.186 e. The molecule has 0 saturated heterocycles. The maximum atomic E-state index is 11.8. The summed E-state index contributed by atoms with van der Waals surface area (Å²) in [5, 5.41) is 0. The molecule has 1 aromatic carbocycles. The van der Waals surface area contributed by atoms with Crippen molar-refractivity contribution in [3.8, 4) is 0 Å². The van der Waals surface area contributed by atoms with Gasteiger partial charge in [0.2, 0.25) is 0 Å². The van der Waals surface area contributed by atoms with Crippen molar-refractivity contribution >= 4 is 27.5 Å². The van der Waals surface area contributed by atoms with Crippen LogP contribution >= 0.6 is 15.9 Å². The van der Waals surface area contributed by atoms with Crippen LogP contribution in [0, 0.1) is 0 Å². The van der Waals surface area contributed by atoms with Gasteiger partial charge in [0.05, 0.1) is 0 Å². The normalized spacial score (nSPS) is 14.5. The number of benzene rings is 1. The highest BCUT2D eigenvalue weighted by Gasteiger charge is 2.35. The summed E-state index contributed by atoms with van der Waals surface area (Å²) >= 11 is 3.15. The molecule has 1 unspecified atom stereocenters. The summed E-state index contributed by atoms with van der Waals surface area (Å²) in [5.74, 6) is -0.392. The van der Waals surface area contributed by atoms with Gasteiger partial charge in [-0.25, -0.2) is 0 Å². The minimum atomic E-state index is -1.10. The van der Waals surface area contributed by atoms with Crippen molar-refractivity contribution in [1.29, 1.82) is 0 Å². The van der Waals surface area contributed by atoms with Crippen LogP contribution in [0.3, 0.4) is 0 Å². The molecule has 0 saturated carbocycles. The first kappa shape index (κ1) is 11.1. The fraction of sp³-hybridized carbons (Fsp3) is 0.273. The van der Waals surface area contributed by atoms with E-state index < -0.39 is 4.32 Å². The highest BCUT2D eigenvalue weighted by Crippen LogP contribution is 2.23. The number of alkyl halides is 1. The lowest BCUT2D eigenvalue weighted by Gasteiger charge is -2.16. The number of carbonyl (C=O) groups excluding carboxylic acids is 2. The number of rotatable bonds is 3. The summed E-state index contributed by atoms with van der Waals surface area (Å²) in [4.78, 5) is 23.1. The molecule has 2 nitrogen and oxygen atoms in total. The van der Waals surface area contributed by atoms with Gasteiger partial charge in [-0.3, -0.25) is 9.59 Å². The monoisotopic (exact) mass is 254 g/mol. The number of halogens is 1. The van der Waals surface area contributed by atoms with Crippen molar-refractivity contribution in [3.63, 3.8) is 0 Å². The van der Waals surface area contributed by atoms with Gasteiger partial charge in [0.1, 0.15) is 4.32 Å². The van der Waals surface area contributed by atoms with Crippen LogP contribution in [0.25, 0.3) is 0 Å². The quantitative estimate of drug-likeness (QED) is 0.472. The number of ketones is 2. The fourth-order valence-corrected chi connectivity index (χ4v) is 1.25. The Bertz CT molecular complexity index is 355. The molecule has 0 spiro atoms. The lowest BCUT2D eigenvalue weighted by Crippen LogP contribution is -2.35. The maximum absolute atomic E-state index is 11.8. The highest BCUT2D eigenvalue weighted by atomic mass is 79.9. The first-order valence-corrected chi connectivity index (χ1v) is 5.05. The third kappa shape index (κ3) is 2.10. The van der Waals surface area contributed by atoms with Crippen molar-refractivity contribution in [3.05, 3.63) is 35.9 Å². The second-order valence-corrected chi connectivity index (χ2v) is 4.84. The molecule has 0 N–H and O–H groups in total. The third-order valence-corrected chi connectivity index (χ3v) is 3.04. The van der Waals surface area contributed by atoms with E-state index in [1.165, 1.54) is 6.92 Å². The van der Waals surface area contributed by atoms with E-state index in [1.807, 2.05) is 6.07 Å². The first-order chi connectivity index (χ1) is 6.46. The van der Waals surface area contributed by atoms with Crippen LogP contribution < -0.4 is 0 Å². The Hall–Kier alpha value is -0.960. The zero-order chi connectivity index (χ0) is 10.8. The van der Waals surface area contributed by atoms with Crippen molar-refractivity contribution in [2.45, 2.75) is 18.2 Å². The zero-order valence-electron chi connectivity index (χ0n) is 8.08. The molecule has 0 radical (unpaired) electrons. The molecule has 0 aromatic heterocycles. The van der Waals surface area contributed by atoms with Gasteiger partial charge < -0.3 is 0 Å². The van der Waals surface area contributed by atoms with Gasteiger partial charge in [-0.15, -0.1) is 0 Å². The van der Waals surface area contributed by atoms with E-state index in [2.05, 4.69) is 15.9 Å². The second-order valence-electron chi connectivity index (χ2n) is 3.25. The molecule has 0 aliphatic rings. The fourth-order valence-electron chi connectivity index (χ4n) is 1.02. The van der Waals surface area contributed by atoms with E-state index in [-0.39, 0.29) is 11.6 Å². The molecule has 1 aromatic rings. The van der Waals surface area contributed by atoms with Crippen molar-refractivity contribution < 1.29 is 9.59 Å². The molecule has 0 bridgehead atoms. The average molecular weight is 255 g/mol. The summed E-state index contributed by atoms with van der Waals surface area (Å²) in [6.07, 6.45) is 0. The van der Waals surface area contributed by atoms with Gasteiger partial charge in [-0.05, 0) is 13.8 Å². The molecule has 74 valence electrons. The van der Waals surface area contributed by atoms with E-state index in [9.17, 15) is 9.59 Å². The molecule has 0 aliphatic carbocycles. The Balaban J connectivity index is 3.03. The Morgan fingerprint density at radius 2 is 1.71 bits per heavy atom. The minimum absolute atomic E-state index is 0.189. The lowest BCUT2D eigenvalue weighted by molar-refractivity contribution is -0.117. The standard InChI is InChI=1S/C11H11BrO2/c1-8(13)11(2,12)10(14)9-6-4-3-5-7-9/h3-7H,1-2H3. The topological polar surface area (TPSA) is 34.1 Å². The molecule has 3 heteroatoms. The third-order valence-electron chi connectivity index (χ3n) is 2.12. The van der Waals surface area contributed by atoms with Crippen LogP contribution in [0.5, 0.6) is 0 Å². The first-order valence-electron chi connectivity index (χ1n) is 4.26. The summed E-state index contributed by atoms with van der Waals surface area (Å²) in [5.41, 5.74) is 0.544. The molecular formula is C11H11BrO2. The van der Waals surface area contributed by atoms with Crippen LogP contribution in [0.1, 0.15) is 24.2 Å². The molecular weight excluding hydrogens is 244 g/mol. The Labute approximate surface area is 91.4 Å². The number of Topliss-reactive ketones (excluding diaryl/α,β-unsaturated/α-hetero) is 2. The average Bonchev–Trinajstić information content (AvgIpc) is 2.17. The Kier molecular flexibility index (Phi) is 3.21. The zero-order valence-corrected chi connectivity index (χ0v) is 9.67. The molecule has 0 heterocycles. The van der Waals surface area contributed by atoms with Gasteiger partial charge in [0.25, 0.3) is 0 Å². The number of hydrogen-bond donors (Lipinski definition) is 0. The highest BCUT2D eigenvalue weighted by molar-refractivity contribution is 9.10. The van der Waals surface area contributed by atoms with Crippen molar-refractivity contribution in [2.24, 2.45) is 0 Å². The molecule has 0 aliphatic heterocycles. The van der Waals surface area contributed by atoms with Gasteiger partial charge >= 0.3 is 0 Å². The van der Waals surface area contributed by atoms with E-state index in [0.29, 0.717) is 5.56 Å². The lowest BCUT2D eigenvalue weighted by atomic mass is 9.96. The van der Waals surface area contributed by atoms with Crippen molar-refractivity contribution in [2.75, 3.05) is 0 Å². The van der Waals surface area contributed by atoms with Crippen LogP contribution in [0.4, 0.5) is 0 Å². The van der Waals surface area contributed by atoms with Gasteiger partial charge in [0, 0.05) is 5.56 Å². The Morgan fingerprint density at radius 3 is 2.14 bits per heavy atom. The van der Waals surface area contributed by atoms with E-state index in [1.54, 1.807) is 31.2 Å². The number of carbonyl (C=O) groups is 2. The van der Waals surface area contributed by atoms with E-state index in [4.69, 9.17) is 0 Å². The SMILES string of the molecule is CC(=O)C(C)(Br)C(=O)c1ccccc1. The summed E-state index contributed by atoms with van der Waals surface area (Å²) < 4.78 is -1.10. The minimum Gasteiger partial charge on any atom is -0.298 e. The second kappa shape index (κ2) is 4.05. The van der Waals surface area contributed by atoms with Crippen LogP contribution in [0.15, 0.2) is 30.3 Å². The van der Waals surface area contributed by atoms with Crippen LogP contribution in [0.2, 0.25) is 0 Å².